The van der Waals surface area contributed by atoms with Gasteiger partial charge in [0.1, 0.15) is 11.5 Å². The molecule has 3 rings (SSSR count). The molecule has 5 heteroatoms. The molecular weight excluding hydrogens is 241 g/mol. The Balaban J connectivity index is 1.83. The minimum Gasteiger partial charge on any atom is -0.356 e. The number of rotatable bonds is 1. The van der Waals surface area contributed by atoms with Crippen molar-refractivity contribution in [1.82, 2.24) is 4.98 Å². The lowest BCUT2D eigenvalue weighted by Crippen LogP contribution is -2.37. The second-order valence-electron chi connectivity index (χ2n) is 5.40. The predicted octanol–water partition coefficient (Wildman–Crippen LogP) is 3.48. The average molecular weight is 256 g/mol. The Hall–Kier alpha value is -1.26. The Morgan fingerprint density at radius 3 is 2.61 bits per heavy atom. The van der Waals surface area contributed by atoms with Crippen LogP contribution in [0.15, 0.2) is 18.2 Å². The van der Waals surface area contributed by atoms with Crippen LogP contribution in [0.4, 0.5) is 19.0 Å². The Labute approximate surface area is 104 Å². The number of halogens is 3. The van der Waals surface area contributed by atoms with Gasteiger partial charge < -0.3 is 4.90 Å². The van der Waals surface area contributed by atoms with Crippen LogP contribution >= 0.6 is 0 Å². The summed E-state index contributed by atoms with van der Waals surface area (Å²) in [7, 11) is 0. The molecule has 2 aliphatic rings. The molecule has 0 N–H and O–H groups in total. The number of anilines is 1. The zero-order chi connectivity index (χ0) is 12.8. The van der Waals surface area contributed by atoms with E-state index in [1.807, 2.05) is 4.90 Å². The van der Waals surface area contributed by atoms with Crippen molar-refractivity contribution in [2.24, 2.45) is 5.41 Å². The number of nitrogens with zero attached hydrogens (tertiary/aromatic N) is 2. The van der Waals surface area contributed by atoms with E-state index >= 15 is 0 Å². The maximum atomic E-state index is 12.6. The molecule has 0 amide bonds. The normalized spacial score (nSPS) is 22.3. The summed E-state index contributed by atoms with van der Waals surface area (Å²) in [4.78, 5) is 5.77. The highest BCUT2D eigenvalue weighted by atomic mass is 19.4. The summed E-state index contributed by atoms with van der Waals surface area (Å²) in [5, 5.41) is 0. The molecule has 1 aromatic heterocycles. The van der Waals surface area contributed by atoms with Crippen LogP contribution < -0.4 is 4.90 Å². The van der Waals surface area contributed by atoms with Gasteiger partial charge in [-0.3, -0.25) is 0 Å². The molecule has 98 valence electrons. The van der Waals surface area contributed by atoms with Crippen LogP contribution in [-0.2, 0) is 6.18 Å². The second kappa shape index (κ2) is 3.87. The topological polar surface area (TPSA) is 16.1 Å². The van der Waals surface area contributed by atoms with Gasteiger partial charge >= 0.3 is 6.18 Å². The number of aromatic nitrogens is 1. The first kappa shape index (κ1) is 11.8. The maximum Gasteiger partial charge on any atom is 0.433 e. The van der Waals surface area contributed by atoms with Gasteiger partial charge in [-0.15, -0.1) is 0 Å². The molecule has 1 aliphatic carbocycles. The SMILES string of the molecule is FC(F)(F)c1cccc(N2CCCC3(CC3)C2)n1. The summed E-state index contributed by atoms with van der Waals surface area (Å²) in [5.74, 6) is 0.468. The highest BCUT2D eigenvalue weighted by Crippen LogP contribution is 2.52. The number of alkyl halides is 3. The van der Waals surface area contributed by atoms with E-state index in [0.717, 1.165) is 25.6 Å². The largest absolute Gasteiger partial charge is 0.433 e. The van der Waals surface area contributed by atoms with E-state index in [0.29, 0.717) is 11.2 Å². The van der Waals surface area contributed by atoms with Crippen molar-refractivity contribution in [3.63, 3.8) is 0 Å². The van der Waals surface area contributed by atoms with Crippen molar-refractivity contribution in [3.05, 3.63) is 23.9 Å². The van der Waals surface area contributed by atoms with Crippen LogP contribution in [0.5, 0.6) is 0 Å². The lowest BCUT2D eigenvalue weighted by atomic mass is 9.95. The van der Waals surface area contributed by atoms with Gasteiger partial charge in [-0.1, -0.05) is 6.07 Å². The highest BCUT2D eigenvalue weighted by Gasteiger charge is 2.45. The molecule has 1 aromatic rings. The van der Waals surface area contributed by atoms with Crippen LogP contribution in [0.2, 0.25) is 0 Å². The highest BCUT2D eigenvalue weighted by molar-refractivity contribution is 5.41. The second-order valence-corrected chi connectivity index (χ2v) is 5.40. The van der Waals surface area contributed by atoms with E-state index in [-0.39, 0.29) is 0 Å². The molecule has 2 nitrogen and oxygen atoms in total. The predicted molar refractivity (Wildman–Crippen MR) is 62.4 cm³/mol. The number of hydrogen-bond acceptors (Lipinski definition) is 2. The van der Waals surface area contributed by atoms with Crippen molar-refractivity contribution in [2.75, 3.05) is 18.0 Å². The first-order valence-corrected chi connectivity index (χ1v) is 6.28. The Morgan fingerprint density at radius 1 is 1.17 bits per heavy atom. The zero-order valence-electron chi connectivity index (χ0n) is 10.0. The quantitative estimate of drug-likeness (QED) is 0.764. The lowest BCUT2D eigenvalue weighted by molar-refractivity contribution is -0.141. The fourth-order valence-corrected chi connectivity index (χ4v) is 2.75. The van der Waals surface area contributed by atoms with Crippen LogP contribution in [0.25, 0.3) is 0 Å². The van der Waals surface area contributed by atoms with E-state index in [4.69, 9.17) is 0 Å². The Morgan fingerprint density at radius 2 is 1.94 bits per heavy atom. The van der Waals surface area contributed by atoms with Crippen LogP contribution in [-0.4, -0.2) is 18.1 Å². The fourth-order valence-electron chi connectivity index (χ4n) is 2.75. The molecule has 0 radical (unpaired) electrons. The summed E-state index contributed by atoms with van der Waals surface area (Å²) >= 11 is 0. The van der Waals surface area contributed by atoms with E-state index < -0.39 is 11.9 Å². The molecule has 0 atom stereocenters. The van der Waals surface area contributed by atoms with Gasteiger partial charge in [0.05, 0.1) is 0 Å². The first-order chi connectivity index (χ1) is 8.49. The molecule has 0 aromatic carbocycles. The van der Waals surface area contributed by atoms with Crippen molar-refractivity contribution in [1.29, 1.82) is 0 Å². The third-order valence-electron chi connectivity index (χ3n) is 3.97. The average Bonchev–Trinajstić information content (AvgIpc) is 3.08. The third-order valence-corrected chi connectivity index (χ3v) is 3.97. The molecule has 2 fully saturated rings. The van der Waals surface area contributed by atoms with Crippen LogP contribution in [0.3, 0.4) is 0 Å². The zero-order valence-corrected chi connectivity index (χ0v) is 10.0. The lowest BCUT2D eigenvalue weighted by Gasteiger charge is -2.34. The summed E-state index contributed by atoms with van der Waals surface area (Å²) in [6.45, 7) is 1.68. The van der Waals surface area contributed by atoms with Gasteiger partial charge in [0.25, 0.3) is 0 Å². The van der Waals surface area contributed by atoms with Gasteiger partial charge in [0.2, 0.25) is 0 Å². The first-order valence-electron chi connectivity index (χ1n) is 6.28. The van der Waals surface area contributed by atoms with Gasteiger partial charge in [-0.25, -0.2) is 4.98 Å². The van der Waals surface area contributed by atoms with E-state index in [1.165, 1.54) is 25.3 Å². The van der Waals surface area contributed by atoms with E-state index in [9.17, 15) is 13.2 Å². The van der Waals surface area contributed by atoms with Crippen molar-refractivity contribution >= 4 is 5.82 Å². The Bertz CT molecular complexity index is 452. The van der Waals surface area contributed by atoms with Gasteiger partial charge in [0, 0.05) is 13.1 Å². The molecule has 1 spiro atoms. The Kier molecular flexibility index (Phi) is 2.54. The molecule has 0 bridgehead atoms. The van der Waals surface area contributed by atoms with Crippen LogP contribution in [0, 0.1) is 5.41 Å². The minimum absolute atomic E-state index is 0.383. The van der Waals surface area contributed by atoms with Gasteiger partial charge in [-0.2, -0.15) is 13.2 Å². The molecular formula is C13H15F3N2. The summed E-state index contributed by atoms with van der Waals surface area (Å²) in [6, 6.07) is 4.15. The van der Waals surface area contributed by atoms with Crippen molar-refractivity contribution in [2.45, 2.75) is 31.9 Å². The van der Waals surface area contributed by atoms with Crippen molar-refractivity contribution < 1.29 is 13.2 Å². The summed E-state index contributed by atoms with van der Waals surface area (Å²) in [5.41, 5.74) is -0.413. The molecule has 18 heavy (non-hydrogen) atoms. The molecule has 1 aliphatic heterocycles. The number of pyridine rings is 1. The fraction of sp³-hybridized carbons (Fsp3) is 0.615. The molecule has 1 saturated carbocycles. The van der Waals surface area contributed by atoms with Gasteiger partial charge in [-0.05, 0) is 43.2 Å². The van der Waals surface area contributed by atoms with E-state index in [2.05, 4.69) is 4.98 Å². The summed E-state index contributed by atoms with van der Waals surface area (Å²) < 4.78 is 37.9. The molecule has 0 unspecified atom stereocenters. The van der Waals surface area contributed by atoms with Gasteiger partial charge in [0.15, 0.2) is 0 Å². The standard InChI is InChI=1S/C13H15F3N2/c14-13(15,16)10-3-1-4-11(17-10)18-8-2-5-12(9-18)6-7-12/h1,3-4H,2,5-9H2. The van der Waals surface area contributed by atoms with Crippen LogP contribution in [0.1, 0.15) is 31.4 Å². The monoisotopic (exact) mass is 256 g/mol. The molecule has 1 saturated heterocycles. The number of hydrogen-bond donors (Lipinski definition) is 0. The molecule has 2 heterocycles. The smallest absolute Gasteiger partial charge is 0.356 e. The number of piperidine rings is 1. The summed E-state index contributed by atoms with van der Waals surface area (Å²) in [6.07, 6.45) is 0.328. The van der Waals surface area contributed by atoms with Crippen molar-refractivity contribution in [3.8, 4) is 0 Å². The maximum absolute atomic E-state index is 12.6. The minimum atomic E-state index is -4.36. The third kappa shape index (κ3) is 2.18. The van der Waals surface area contributed by atoms with E-state index in [1.54, 1.807) is 6.07 Å².